The van der Waals surface area contributed by atoms with Gasteiger partial charge in [-0.05, 0) is 37.1 Å². The van der Waals surface area contributed by atoms with Crippen LogP contribution < -0.4 is 9.84 Å². The van der Waals surface area contributed by atoms with Crippen molar-refractivity contribution in [2.45, 2.75) is 12.8 Å². The van der Waals surface area contributed by atoms with E-state index in [1.807, 2.05) is 0 Å². The lowest BCUT2D eigenvalue weighted by Crippen LogP contribution is -2.22. The second-order valence-electron chi connectivity index (χ2n) is 2.82. The number of phenols is 1. The number of carboxylic acids is 1. The van der Waals surface area contributed by atoms with Crippen LogP contribution in [0.1, 0.15) is 12.8 Å². The molecular weight excluding hydrogens is 184 g/mol. The van der Waals surface area contributed by atoms with E-state index in [-0.39, 0.29) is 12.2 Å². The first kappa shape index (κ1) is 10.4. The van der Waals surface area contributed by atoms with E-state index < -0.39 is 5.97 Å². The van der Waals surface area contributed by atoms with Gasteiger partial charge >= 0.3 is 0 Å². The standard InChI is InChI=1S/C10H12O4/c11-8-3-5-9(6-4-8)14-7-1-2-10(12)13/h3-6,11H,1-2,7H2,(H,12,13)/p-1. The highest BCUT2D eigenvalue weighted by atomic mass is 16.5. The molecule has 0 aliphatic heterocycles. The highest BCUT2D eigenvalue weighted by molar-refractivity contribution is 5.64. The molecule has 0 aliphatic carbocycles. The molecule has 1 aromatic carbocycles. The van der Waals surface area contributed by atoms with Crippen LogP contribution in [0.4, 0.5) is 0 Å². The van der Waals surface area contributed by atoms with Crippen molar-refractivity contribution in [2.24, 2.45) is 0 Å². The summed E-state index contributed by atoms with van der Waals surface area (Å²) in [4.78, 5) is 10.1. The quantitative estimate of drug-likeness (QED) is 0.686. The molecule has 76 valence electrons. The first-order valence-corrected chi connectivity index (χ1v) is 4.30. The van der Waals surface area contributed by atoms with Crippen LogP contribution in [-0.4, -0.2) is 17.7 Å². The van der Waals surface area contributed by atoms with Crippen LogP contribution in [0.2, 0.25) is 0 Å². The predicted octanol–water partition coefficient (Wildman–Crippen LogP) is 0.301. The van der Waals surface area contributed by atoms with Gasteiger partial charge in [-0.1, -0.05) is 0 Å². The third-order valence-electron chi connectivity index (χ3n) is 1.63. The Morgan fingerprint density at radius 1 is 1.36 bits per heavy atom. The van der Waals surface area contributed by atoms with Gasteiger partial charge < -0.3 is 19.7 Å². The molecule has 0 unspecified atom stereocenters. The number of aliphatic carboxylic acids is 1. The molecule has 0 aromatic heterocycles. The van der Waals surface area contributed by atoms with Crippen molar-refractivity contribution in [3.05, 3.63) is 24.3 Å². The maximum atomic E-state index is 10.1. The van der Waals surface area contributed by atoms with Crippen LogP contribution in [0.3, 0.4) is 0 Å². The van der Waals surface area contributed by atoms with Crippen molar-refractivity contribution >= 4 is 5.97 Å². The number of carbonyl (C=O) groups is 1. The fraction of sp³-hybridized carbons (Fsp3) is 0.300. The molecule has 14 heavy (non-hydrogen) atoms. The summed E-state index contributed by atoms with van der Waals surface area (Å²) in [5, 5.41) is 19.0. The zero-order valence-electron chi connectivity index (χ0n) is 7.60. The first-order valence-electron chi connectivity index (χ1n) is 4.30. The Morgan fingerprint density at radius 3 is 2.57 bits per heavy atom. The van der Waals surface area contributed by atoms with Crippen molar-refractivity contribution in [1.29, 1.82) is 0 Å². The minimum Gasteiger partial charge on any atom is -0.550 e. The molecular formula is C10H11O4-. The van der Waals surface area contributed by atoms with Gasteiger partial charge in [0.25, 0.3) is 0 Å². The van der Waals surface area contributed by atoms with Gasteiger partial charge in [0, 0.05) is 5.97 Å². The molecule has 1 N–H and O–H groups in total. The van der Waals surface area contributed by atoms with E-state index in [2.05, 4.69) is 0 Å². The van der Waals surface area contributed by atoms with E-state index in [1.165, 1.54) is 12.1 Å². The zero-order chi connectivity index (χ0) is 10.4. The van der Waals surface area contributed by atoms with Crippen LogP contribution in [0.25, 0.3) is 0 Å². The largest absolute Gasteiger partial charge is 0.550 e. The van der Waals surface area contributed by atoms with Gasteiger partial charge in [0.05, 0.1) is 6.61 Å². The molecule has 4 heteroatoms. The number of hydrogen-bond acceptors (Lipinski definition) is 4. The van der Waals surface area contributed by atoms with Crippen molar-refractivity contribution in [2.75, 3.05) is 6.61 Å². The smallest absolute Gasteiger partial charge is 0.119 e. The van der Waals surface area contributed by atoms with E-state index in [1.54, 1.807) is 12.1 Å². The number of ether oxygens (including phenoxy) is 1. The summed E-state index contributed by atoms with van der Waals surface area (Å²) in [5.74, 6) is -0.285. The van der Waals surface area contributed by atoms with Crippen LogP contribution in [0.5, 0.6) is 11.5 Å². The lowest BCUT2D eigenvalue weighted by molar-refractivity contribution is -0.305. The van der Waals surface area contributed by atoms with Gasteiger partial charge in [0.1, 0.15) is 11.5 Å². The Labute approximate surface area is 81.8 Å². The molecule has 0 spiro atoms. The van der Waals surface area contributed by atoms with E-state index in [9.17, 15) is 9.90 Å². The van der Waals surface area contributed by atoms with Crippen LogP contribution in [-0.2, 0) is 4.79 Å². The number of benzene rings is 1. The third kappa shape index (κ3) is 3.80. The molecule has 4 nitrogen and oxygen atoms in total. The number of carboxylic acid groups (broad SMARTS) is 1. The summed E-state index contributed by atoms with van der Waals surface area (Å²) in [5.41, 5.74) is 0. The van der Waals surface area contributed by atoms with Crippen LogP contribution in [0, 0.1) is 0 Å². The Kier molecular flexibility index (Phi) is 3.79. The van der Waals surface area contributed by atoms with E-state index in [0.29, 0.717) is 18.8 Å². The average molecular weight is 195 g/mol. The molecule has 0 saturated heterocycles. The van der Waals surface area contributed by atoms with E-state index in [4.69, 9.17) is 9.84 Å². The molecule has 0 radical (unpaired) electrons. The van der Waals surface area contributed by atoms with Gasteiger partial charge in [-0.15, -0.1) is 0 Å². The fourth-order valence-electron chi connectivity index (χ4n) is 0.949. The number of rotatable bonds is 5. The molecule has 0 saturated carbocycles. The maximum absolute atomic E-state index is 10.1. The summed E-state index contributed by atoms with van der Waals surface area (Å²) in [6.07, 6.45) is 0.418. The minimum absolute atomic E-state index is 0.00190. The Hall–Kier alpha value is -1.71. The normalized spacial score (nSPS) is 9.71. The SMILES string of the molecule is O=C([O-])CCCOc1ccc(O)cc1. The van der Waals surface area contributed by atoms with E-state index in [0.717, 1.165) is 0 Å². The monoisotopic (exact) mass is 195 g/mol. The molecule has 0 heterocycles. The molecule has 0 atom stereocenters. The van der Waals surface area contributed by atoms with Gasteiger partial charge in [0.2, 0.25) is 0 Å². The number of carbonyl (C=O) groups excluding carboxylic acids is 1. The van der Waals surface area contributed by atoms with Crippen molar-refractivity contribution < 1.29 is 19.7 Å². The highest BCUT2D eigenvalue weighted by Gasteiger charge is 1.94. The van der Waals surface area contributed by atoms with Gasteiger partial charge in [-0.25, -0.2) is 0 Å². The van der Waals surface area contributed by atoms with E-state index >= 15 is 0 Å². The van der Waals surface area contributed by atoms with Gasteiger partial charge in [-0.3, -0.25) is 0 Å². The highest BCUT2D eigenvalue weighted by Crippen LogP contribution is 2.15. The lowest BCUT2D eigenvalue weighted by atomic mass is 10.3. The molecule has 0 amide bonds. The minimum atomic E-state index is -1.07. The van der Waals surface area contributed by atoms with Crippen LogP contribution >= 0.6 is 0 Å². The Morgan fingerprint density at radius 2 is 2.00 bits per heavy atom. The van der Waals surface area contributed by atoms with Gasteiger partial charge in [-0.2, -0.15) is 0 Å². The molecule has 0 bridgehead atoms. The number of hydrogen-bond donors (Lipinski definition) is 1. The predicted molar refractivity (Wildman–Crippen MR) is 47.8 cm³/mol. The Balaban J connectivity index is 2.25. The number of aromatic hydroxyl groups is 1. The summed E-state index contributed by atoms with van der Waals surface area (Å²) in [6, 6.07) is 6.25. The van der Waals surface area contributed by atoms with Gasteiger partial charge in [0.15, 0.2) is 0 Å². The molecule has 0 aliphatic rings. The van der Waals surface area contributed by atoms with Crippen molar-refractivity contribution in [3.8, 4) is 11.5 Å². The lowest BCUT2D eigenvalue weighted by Gasteiger charge is -2.06. The maximum Gasteiger partial charge on any atom is 0.119 e. The second-order valence-corrected chi connectivity index (χ2v) is 2.82. The van der Waals surface area contributed by atoms with Crippen molar-refractivity contribution in [1.82, 2.24) is 0 Å². The third-order valence-corrected chi connectivity index (χ3v) is 1.63. The topological polar surface area (TPSA) is 69.6 Å². The summed E-state index contributed by atoms with van der Waals surface area (Å²) < 4.78 is 5.21. The average Bonchev–Trinajstić information content (AvgIpc) is 2.15. The Bertz CT molecular complexity index is 291. The molecule has 1 aromatic rings. The molecule has 1 rings (SSSR count). The van der Waals surface area contributed by atoms with Crippen molar-refractivity contribution in [3.63, 3.8) is 0 Å². The summed E-state index contributed by atoms with van der Waals surface area (Å²) in [7, 11) is 0. The van der Waals surface area contributed by atoms with Crippen LogP contribution in [0.15, 0.2) is 24.3 Å². The summed E-state index contributed by atoms with van der Waals surface area (Å²) in [6.45, 7) is 0.332. The first-order chi connectivity index (χ1) is 6.68. The second kappa shape index (κ2) is 5.11. The summed E-state index contributed by atoms with van der Waals surface area (Å²) >= 11 is 0. The zero-order valence-corrected chi connectivity index (χ0v) is 7.60. The molecule has 0 fully saturated rings. The number of phenolic OH excluding ortho intramolecular Hbond substituents is 1. The fourth-order valence-corrected chi connectivity index (χ4v) is 0.949.